The van der Waals surface area contributed by atoms with Crippen LogP contribution in [0, 0.1) is 5.82 Å². The fourth-order valence-electron chi connectivity index (χ4n) is 3.11. The number of aromatic amines is 2. The molecule has 0 bridgehead atoms. The maximum Gasteiger partial charge on any atom is 0.267 e. The molecule has 3 rings (SSSR count). The van der Waals surface area contributed by atoms with E-state index in [-0.39, 0.29) is 22.6 Å². The van der Waals surface area contributed by atoms with Crippen LogP contribution in [0.3, 0.4) is 0 Å². The Morgan fingerprint density at radius 1 is 1.08 bits per heavy atom. The van der Waals surface area contributed by atoms with Crippen LogP contribution in [-0.4, -0.2) is 16.1 Å². The predicted molar refractivity (Wildman–Crippen MR) is 97.7 cm³/mol. The molecule has 1 heterocycles. The maximum atomic E-state index is 14.5. The highest BCUT2D eigenvalue weighted by molar-refractivity contribution is 6.31. The molecule has 1 atom stereocenters. The van der Waals surface area contributed by atoms with Crippen molar-refractivity contribution < 1.29 is 9.18 Å². The SMILES string of the molecule is NC(=O)C[C@@H](c1c(F)cccc1Cl)c1c(Cc2ccccc2)[nH][nH]c1=O. The summed E-state index contributed by atoms with van der Waals surface area (Å²) in [5, 5.41) is 5.49. The van der Waals surface area contributed by atoms with Gasteiger partial charge in [-0.2, -0.15) is 0 Å². The van der Waals surface area contributed by atoms with Crippen molar-refractivity contribution in [3.8, 4) is 0 Å². The number of primary amides is 1. The van der Waals surface area contributed by atoms with E-state index in [9.17, 15) is 14.0 Å². The van der Waals surface area contributed by atoms with Crippen molar-refractivity contribution in [3.63, 3.8) is 0 Å². The monoisotopic (exact) mass is 373 g/mol. The number of carbonyl (C=O) groups is 1. The summed E-state index contributed by atoms with van der Waals surface area (Å²) in [6.45, 7) is 0. The summed E-state index contributed by atoms with van der Waals surface area (Å²) >= 11 is 6.17. The van der Waals surface area contributed by atoms with Crippen LogP contribution in [0.25, 0.3) is 0 Å². The Labute approximate surface area is 154 Å². The van der Waals surface area contributed by atoms with E-state index in [4.69, 9.17) is 17.3 Å². The lowest BCUT2D eigenvalue weighted by molar-refractivity contribution is -0.118. The molecule has 0 radical (unpaired) electrons. The number of aromatic nitrogens is 2. The molecular formula is C19H17ClFN3O2. The largest absolute Gasteiger partial charge is 0.370 e. The van der Waals surface area contributed by atoms with Crippen molar-refractivity contribution in [3.05, 3.63) is 92.1 Å². The van der Waals surface area contributed by atoms with E-state index >= 15 is 0 Å². The van der Waals surface area contributed by atoms with Gasteiger partial charge in [-0.25, -0.2) is 4.39 Å². The van der Waals surface area contributed by atoms with E-state index in [0.717, 1.165) is 5.56 Å². The number of hydrogen-bond acceptors (Lipinski definition) is 2. The van der Waals surface area contributed by atoms with E-state index in [1.54, 1.807) is 0 Å². The van der Waals surface area contributed by atoms with Gasteiger partial charge < -0.3 is 10.8 Å². The van der Waals surface area contributed by atoms with Gasteiger partial charge in [0, 0.05) is 40.6 Å². The number of carbonyl (C=O) groups excluding carboxylic acids is 1. The highest BCUT2D eigenvalue weighted by Gasteiger charge is 2.28. The van der Waals surface area contributed by atoms with Crippen LogP contribution in [0.2, 0.25) is 5.02 Å². The van der Waals surface area contributed by atoms with Gasteiger partial charge in [0.2, 0.25) is 5.91 Å². The Morgan fingerprint density at radius 2 is 1.81 bits per heavy atom. The van der Waals surface area contributed by atoms with E-state index in [1.807, 2.05) is 30.3 Å². The first kappa shape index (κ1) is 17.9. The van der Waals surface area contributed by atoms with Crippen molar-refractivity contribution in [2.45, 2.75) is 18.8 Å². The second kappa shape index (κ2) is 7.58. The van der Waals surface area contributed by atoms with E-state index in [1.165, 1.54) is 18.2 Å². The van der Waals surface area contributed by atoms with Gasteiger partial charge in [-0.15, -0.1) is 0 Å². The van der Waals surface area contributed by atoms with E-state index < -0.39 is 23.2 Å². The normalized spacial score (nSPS) is 12.1. The molecule has 0 saturated carbocycles. The molecule has 4 N–H and O–H groups in total. The molecule has 2 aromatic carbocycles. The lowest BCUT2D eigenvalue weighted by Gasteiger charge is -2.18. The van der Waals surface area contributed by atoms with Gasteiger partial charge in [0.05, 0.1) is 0 Å². The average molecular weight is 374 g/mol. The zero-order valence-electron chi connectivity index (χ0n) is 13.8. The molecule has 0 saturated heterocycles. The van der Waals surface area contributed by atoms with E-state index in [2.05, 4.69) is 10.2 Å². The van der Waals surface area contributed by atoms with Gasteiger partial charge in [0.25, 0.3) is 5.56 Å². The van der Waals surface area contributed by atoms with Gasteiger partial charge in [0.1, 0.15) is 5.82 Å². The topological polar surface area (TPSA) is 91.7 Å². The van der Waals surface area contributed by atoms with Gasteiger partial charge in [0.15, 0.2) is 0 Å². The third-order valence-electron chi connectivity index (χ3n) is 4.22. The molecular weight excluding hydrogens is 357 g/mol. The average Bonchev–Trinajstić information content (AvgIpc) is 2.94. The quantitative estimate of drug-likeness (QED) is 0.619. The standard InChI is InChI=1S/C19H17ClFN3O2/c20-13-7-4-8-14(21)17(13)12(10-16(22)25)18-15(23-24-19(18)26)9-11-5-2-1-3-6-11/h1-8,12H,9-10H2,(H2,22,25)(H2,23,24,26)/t12-/m0/s1. The lowest BCUT2D eigenvalue weighted by Crippen LogP contribution is -2.22. The van der Waals surface area contributed by atoms with Gasteiger partial charge >= 0.3 is 0 Å². The zero-order chi connectivity index (χ0) is 18.7. The van der Waals surface area contributed by atoms with Crippen LogP contribution in [0.15, 0.2) is 53.3 Å². The minimum absolute atomic E-state index is 0.0902. The number of nitrogens with one attached hydrogen (secondary N) is 2. The molecule has 7 heteroatoms. The molecule has 0 aliphatic carbocycles. The van der Waals surface area contributed by atoms with Gasteiger partial charge in [-0.1, -0.05) is 48.0 Å². The van der Waals surface area contributed by atoms with Crippen LogP contribution in [0.4, 0.5) is 4.39 Å². The van der Waals surface area contributed by atoms with Crippen molar-refractivity contribution in [2.75, 3.05) is 0 Å². The smallest absolute Gasteiger partial charge is 0.267 e. The van der Waals surface area contributed by atoms with Crippen molar-refractivity contribution in [1.29, 1.82) is 0 Å². The summed E-state index contributed by atoms with van der Waals surface area (Å²) < 4.78 is 14.5. The molecule has 1 amide bonds. The number of halogens is 2. The second-order valence-electron chi connectivity index (χ2n) is 5.99. The molecule has 26 heavy (non-hydrogen) atoms. The number of amides is 1. The molecule has 0 spiro atoms. The summed E-state index contributed by atoms with van der Waals surface area (Å²) in [5.41, 5.74) is 6.81. The third kappa shape index (κ3) is 3.70. The van der Waals surface area contributed by atoms with E-state index in [0.29, 0.717) is 12.1 Å². The van der Waals surface area contributed by atoms with Crippen LogP contribution in [-0.2, 0) is 11.2 Å². The molecule has 134 valence electrons. The third-order valence-corrected chi connectivity index (χ3v) is 4.55. The highest BCUT2D eigenvalue weighted by atomic mass is 35.5. The minimum atomic E-state index is -0.880. The van der Waals surface area contributed by atoms with Crippen molar-refractivity contribution in [2.24, 2.45) is 5.73 Å². The van der Waals surface area contributed by atoms with Crippen LogP contribution >= 0.6 is 11.6 Å². The number of rotatable bonds is 6. The van der Waals surface area contributed by atoms with Crippen LogP contribution in [0.1, 0.15) is 34.7 Å². The fourth-order valence-corrected chi connectivity index (χ4v) is 3.40. The molecule has 3 aromatic rings. The summed E-state index contributed by atoms with van der Waals surface area (Å²) in [5.74, 6) is -2.12. The number of H-pyrrole nitrogens is 2. The number of hydrogen-bond donors (Lipinski definition) is 3. The summed E-state index contributed by atoms with van der Waals surface area (Å²) in [7, 11) is 0. The maximum absolute atomic E-state index is 14.5. The van der Waals surface area contributed by atoms with Crippen molar-refractivity contribution in [1.82, 2.24) is 10.2 Å². The molecule has 5 nitrogen and oxygen atoms in total. The molecule has 0 aliphatic heterocycles. The zero-order valence-corrected chi connectivity index (χ0v) is 14.5. The second-order valence-corrected chi connectivity index (χ2v) is 6.40. The first-order chi connectivity index (χ1) is 12.5. The minimum Gasteiger partial charge on any atom is -0.370 e. The highest BCUT2D eigenvalue weighted by Crippen LogP contribution is 2.35. The number of benzene rings is 2. The molecule has 0 fully saturated rings. The Balaban J connectivity index is 2.12. The van der Waals surface area contributed by atoms with Gasteiger partial charge in [-0.3, -0.25) is 14.7 Å². The summed E-state index contributed by atoms with van der Waals surface area (Å²) in [6.07, 6.45) is 0.180. The molecule has 1 aromatic heterocycles. The first-order valence-corrected chi connectivity index (χ1v) is 8.40. The summed E-state index contributed by atoms with van der Waals surface area (Å²) in [6, 6.07) is 13.7. The van der Waals surface area contributed by atoms with Crippen LogP contribution in [0.5, 0.6) is 0 Å². The Morgan fingerprint density at radius 3 is 2.46 bits per heavy atom. The molecule has 0 unspecified atom stereocenters. The van der Waals surface area contributed by atoms with Crippen molar-refractivity contribution >= 4 is 17.5 Å². The molecule has 0 aliphatic rings. The Hall–Kier alpha value is -2.86. The summed E-state index contributed by atoms with van der Waals surface area (Å²) in [4.78, 5) is 24.1. The van der Waals surface area contributed by atoms with Gasteiger partial charge in [-0.05, 0) is 17.7 Å². The predicted octanol–water partition coefficient (Wildman–Crippen LogP) is 3.09. The fraction of sp³-hybridized carbons (Fsp3) is 0.158. The van der Waals surface area contributed by atoms with Crippen LogP contribution < -0.4 is 11.3 Å². The number of nitrogens with two attached hydrogens (primary N) is 1. The Kier molecular flexibility index (Phi) is 5.23. The lowest BCUT2D eigenvalue weighted by atomic mass is 9.86. The Bertz CT molecular complexity index is 962. The first-order valence-electron chi connectivity index (χ1n) is 8.03.